The van der Waals surface area contributed by atoms with E-state index in [1.165, 1.54) is 0 Å². The molecule has 1 heterocycles. The van der Waals surface area contributed by atoms with Crippen molar-refractivity contribution in [1.29, 1.82) is 0 Å². The van der Waals surface area contributed by atoms with Gasteiger partial charge in [0, 0.05) is 25.2 Å². The third kappa shape index (κ3) is 3.87. The highest BCUT2D eigenvalue weighted by molar-refractivity contribution is 6.31. The lowest BCUT2D eigenvalue weighted by atomic mass is 10.1. The Labute approximate surface area is 124 Å². The van der Waals surface area contributed by atoms with E-state index in [2.05, 4.69) is 0 Å². The van der Waals surface area contributed by atoms with E-state index >= 15 is 0 Å². The van der Waals surface area contributed by atoms with Gasteiger partial charge in [0.2, 0.25) is 0 Å². The fourth-order valence-electron chi connectivity index (χ4n) is 2.28. The molecule has 0 N–H and O–H groups in total. The zero-order chi connectivity index (χ0) is 14.5. The highest BCUT2D eigenvalue weighted by Crippen LogP contribution is 2.21. The van der Waals surface area contributed by atoms with Gasteiger partial charge in [-0.25, -0.2) is 0 Å². The Bertz CT molecular complexity index is 470. The van der Waals surface area contributed by atoms with Gasteiger partial charge < -0.3 is 14.4 Å². The van der Waals surface area contributed by atoms with E-state index in [0.717, 1.165) is 31.5 Å². The molecular weight excluding hydrogens is 278 g/mol. The molecule has 2 rings (SSSR count). The molecule has 20 heavy (non-hydrogen) atoms. The molecule has 0 atom stereocenters. The van der Waals surface area contributed by atoms with Gasteiger partial charge in [-0.1, -0.05) is 11.6 Å². The molecule has 0 aromatic heterocycles. The van der Waals surface area contributed by atoms with Crippen LogP contribution in [0.15, 0.2) is 18.2 Å². The number of benzene rings is 1. The summed E-state index contributed by atoms with van der Waals surface area (Å²) in [7, 11) is 1.72. The minimum atomic E-state index is 0.0205. The van der Waals surface area contributed by atoms with Gasteiger partial charge >= 0.3 is 0 Å². The number of hydrogen-bond acceptors (Lipinski definition) is 3. The number of carbonyl (C=O) groups excluding carboxylic acids is 1. The average molecular weight is 298 g/mol. The molecule has 110 valence electrons. The van der Waals surface area contributed by atoms with Gasteiger partial charge in [0.1, 0.15) is 5.75 Å². The van der Waals surface area contributed by atoms with Crippen molar-refractivity contribution < 1.29 is 14.3 Å². The molecule has 0 unspecified atom stereocenters. The molecule has 0 saturated carbocycles. The Morgan fingerprint density at radius 2 is 2.10 bits per heavy atom. The van der Waals surface area contributed by atoms with Crippen molar-refractivity contribution in [2.45, 2.75) is 25.9 Å². The second kappa shape index (κ2) is 6.95. The third-order valence-electron chi connectivity index (χ3n) is 3.62. The van der Waals surface area contributed by atoms with E-state index < -0.39 is 0 Å². The van der Waals surface area contributed by atoms with Gasteiger partial charge in [-0.3, -0.25) is 4.79 Å². The first kappa shape index (κ1) is 15.1. The van der Waals surface area contributed by atoms with Gasteiger partial charge in [0.25, 0.3) is 5.91 Å². The second-order valence-corrected chi connectivity index (χ2v) is 5.42. The lowest BCUT2D eigenvalue weighted by molar-refractivity contribution is -0.135. The number of methoxy groups -OCH3 is 1. The lowest BCUT2D eigenvalue weighted by Gasteiger charge is -2.31. The molecule has 5 heteroatoms. The van der Waals surface area contributed by atoms with Crippen LogP contribution in [0.1, 0.15) is 18.4 Å². The standard InChI is InChI=1S/C15H20ClNO3/c1-11-9-13(3-4-14(11)16)20-10-15(18)17-7-5-12(19-2)6-8-17/h3-4,9,12H,5-8,10H2,1-2H3. The summed E-state index contributed by atoms with van der Waals surface area (Å²) in [5.41, 5.74) is 0.942. The van der Waals surface area contributed by atoms with E-state index in [-0.39, 0.29) is 18.6 Å². The normalized spacial score (nSPS) is 16.2. The van der Waals surface area contributed by atoms with Crippen molar-refractivity contribution in [3.8, 4) is 5.75 Å². The molecule has 0 radical (unpaired) electrons. The molecule has 1 aliphatic heterocycles. The molecule has 0 bridgehead atoms. The minimum absolute atomic E-state index is 0.0205. The fraction of sp³-hybridized carbons (Fsp3) is 0.533. The lowest BCUT2D eigenvalue weighted by Crippen LogP contribution is -2.42. The quantitative estimate of drug-likeness (QED) is 0.857. The topological polar surface area (TPSA) is 38.8 Å². The van der Waals surface area contributed by atoms with Crippen LogP contribution in [-0.2, 0) is 9.53 Å². The first-order valence-electron chi connectivity index (χ1n) is 6.79. The highest BCUT2D eigenvalue weighted by Gasteiger charge is 2.22. The van der Waals surface area contributed by atoms with Crippen molar-refractivity contribution in [1.82, 2.24) is 4.90 Å². The smallest absolute Gasteiger partial charge is 0.260 e. The SMILES string of the molecule is COC1CCN(C(=O)COc2ccc(Cl)c(C)c2)CC1. The van der Waals surface area contributed by atoms with E-state index in [9.17, 15) is 4.79 Å². The fourth-order valence-corrected chi connectivity index (χ4v) is 2.40. The molecule has 0 aliphatic carbocycles. The molecule has 0 spiro atoms. The van der Waals surface area contributed by atoms with Gasteiger partial charge in [0.05, 0.1) is 6.10 Å². The molecule has 1 fully saturated rings. The van der Waals surface area contributed by atoms with Crippen LogP contribution in [0.2, 0.25) is 5.02 Å². The van der Waals surface area contributed by atoms with Crippen LogP contribution in [0.3, 0.4) is 0 Å². The molecule has 1 aliphatic rings. The number of nitrogens with zero attached hydrogens (tertiary/aromatic N) is 1. The van der Waals surface area contributed by atoms with Crippen molar-refractivity contribution in [3.63, 3.8) is 0 Å². The largest absolute Gasteiger partial charge is 0.484 e. The zero-order valence-corrected chi connectivity index (χ0v) is 12.7. The third-order valence-corrected chi connectivity index (χ3v) is 4.04. The van der Waals surface area contributed by atoms with Gasteiger partial charge in [0.15, 0.2) is 6.61 Å². The maximum Gasteiger partial charge on any atom is 0.260 e. The molecular formula is C15H20ClNO3. The number of ether oxygens (including phenoxy) is 2. The van der Waals surface area contributed by atoms with Crippen LogP contribution in [0.25, 0.3) is 0 Å². The number of amides is 1. The number of rotatable bonds is 4. The van der Waals surface area contributed by atoms with Crippen LogP contribution < -0.4 is 4.74 Å². The number of halogens is 1. The van der Waals surface area contributed by atoms with Crippen LogP contribution >= 0.6 is 11.6 Å². The summed E-state index contributed by atoms with van der Waals surface area (Å²) in [4.78, 5) is 13.9. The van der Waals surface area contributed by atoms with Crippen molar-refractivity contribution >= 4 is 17.5 Å². The summed E-state index contributed by atoms with van der Waals surface area (Å²) in [5, 5.41) is 0.699. The monoisotopic (exact) mass is 297 g/mol. The summed E-state index contributed by atoms with van der Waals surface area (Å²) in [6, 6.07) is 5.40. The maximum atomic E-state index is 12.1. The first-order valence-corrected chi connectivity index (χ1v) is 7.17. The van der Waals surface area contributed by atoms with Gasteiger partial charge in [-0.2, -0.15) is 0 Å². The van der Waals surface area contributed by atoms with Crippen molar-refractivity contribution in [3.05, 3.63) is 28.8 Å². The maximum absolute atomic E-state index is 12.1. The second-order valence-electron chi connectivity index (χ2n) is 5.02. The van der Waals surface area contributed by atoms with Crippen molar-refractivity contribution in [2.24, 2.45) is 0 Å². The van der Waals surface area contributed by atoms with E-state index in [1.54, 1.807) is 19.2 Å². The summed E-state index contributed by atoms with van der Waals surface area (Å²) >= 11 is 5.95. The number of likely N-dealkylation sites (tertiary alicyclic amines) is 1. The van der Waals surface area contributed by atoms with Crippen LogP contribution in [-0.4, -0.2) is 43.7 Å². The predicted molar refractivity (Wildman–Crippen MR) is 78.3 cm³/mol. The number of aryl methyl sites for hydroxylation is 1. The highest BCUT2D eigenvalue weighted by atomic mass is 35.5. The van der Waals surface area contributed by atoms with Gasteiger partial charge in [-0.15, -0.1) is 0 Å². The van der Waals surface area contributed by atoms with E-state index in [0.29, 0.717) is 10.8 Å². The molecule has 1 aromatic rings. The molecule has 4 nitrogen and oxygen atoms in total. The summed E-state index contributed by atoms with van der Waals surface area (Å²) < 4.78 is 10.8. The predicted octanol–water partition coefficient (Wildman–Crippen LogP) is 2.66. The van der Waals surface area contributed by atoms with Crippen molar-refractivity contribution in [2.75, 3.05) is 26.8 Å². The minimum Gasteiger partial charge on any atom is -0.484 e. The molecule has 1 saturated heterocycles. The molecule has 1 amide bonds. The zero-order valence-electron chi connectivity index (χ0n) is 11.9. The van der Waals surface area contributed by atoms with E-state index in [4.69, 9.17) is 21.1 Å². The number of carbonyl (C=O) groups is 1. The Kier molecular flexibility index (Phi) is 5.26. The Balaban J connectivity index is 1.81. The average Bonchev–Trinajstić information content (AvgIpc) is 2.48. The summed E-state index contributed by atoms with van der Waals surface area (Å²) in [6.45, 7) is 3.45. The van der Waals surface area contributed by atoms with Crippen LogP contribution in [0, 0.1) is 6.92 Å². The summed E-state index contributed by atoms with van der Waals surface area (Å²) in [5.74, 6) is 0.694. The summed E-state index contributed by atoms with van der Waals surface area (Å²) in [6.07, 6.45) is 2.06. The number of piperidine rings is 1. The van der Waals surface area contributed by atoms with E-state index in [1.807, 2.05) is 17.9 Å². The Morgan fingerprint density at radius 1 is 1.40 bits per heavy atom. The van der Waals surface area contributed by atoms with Crippen LogP contribution in [0.5, 0.6) is 5.75 Å². The van der Waals surface area contributed by atoms with Crippen LogP contribution in [0.4, 0.5) is 0 Å². The Morgan fingerprint density at radius 3 is 2.70 bits per heavy atom. The number of hydrogen-bond donors (Lipinski definition) is 0. The first-order chi connectivity index (χ1) is 9.60. The Hall–Kier alpha value is -1.26. The van der Waals surface area contributed by atoms with Gasteiger partial charge in [-0.05, 0) is 43.5 Å². The molecule has 1 aromatic carbocycles.